The molecule has 0 bridgehead atoms. The van der Waals surface area contributed by atoms with Crippen LogP contribution in [0.3, 0.4) is 0 Å². The van der Waals surface area contributed by atoms with E-state index in [2.05, 4.69) is 6.92 Å². The highest BCUT2D eigenvalue weighted by Crippen LogP contribution is 2.50. The van der Waals surface area contributed by atoms with Crippen molar-refractivity contribution in [3.05, 3.63) is 29.8 Å². The minimum atomic E-state index is -3.10. The maximum Gasteiger partial charge on any atom is 0.394 e. The van der Waals surface area contributed by atoms with E-state index in [0.717, 1.165) is 19.3 Å². The predicted octanol–water partition coefficient (Wildman–Crippen LogP) is 3.64. The number of hydrogen-bond donors (Lipinski definition) is 0. The van der Waals surface area contributed by atoms with E-state index < -0.39 is 7.67 Å². The second-order valence-corrected chi connectivity index (χ2v) is 8.41. The van der Waals surface area contributed by atoms with E-state index in [-0.39, 0.29) is 5.97 Å². The Bertz CT molecular complexity index is 532. The molecule has 0 atom stereocenters. The standard InChI is InChI=1S/C16H27N2O4P/c1-6-7-8-13-21-16(19)14-9-11-15(12-10-14)22-23(20,17(2)3)18(4)5/h9-12H,6-8,13H2,1-5H3. The average molecular weight is 342 g/mol. The normalized spacial score (nSPS) is 11.8. The first kappa shape index (κ1) is 19.7. The fourth-order valence-electron chi connectivity index (χ4n) is 1.91. The minimum Gasteiger partial charge on any atom is -0.462 e. The number of carbonyl (C=O) groups is 1. The quantitative estimate of drug-likeness (QED) is 0.388. The zero-order valence-corrected chi connectivity index (χ0v) is 15.5. The number of ether oxygens (including phenoxy) is 1. The summed E-state index contributed by atoms with van der Waals surface area (Å²) >= 11 is 0. The van der Waals surface area contributed by atoms with Gasteiger partial charge in [0, 0.05) is 0 Å². The summed E-state index contributed by atoms with van der Waals surface area (Å²) in [4.78, 5) is 11.9. The molecule has 0 saturated carbocycles. The lowest BCUT2D eigenvalue weighted by Gasteiger charge is -2.29. The second-order valence-electron chi connectivity index (χ2n) is 5.64. The molecule has 0 spiro atoms. The summed E-state index contributed by atoms with van der Waals surface area (Å²) in [6.45, 7) is 2.53. The number of benzene rings is 1. The molecule has 0 N–H and O–H groups in total. The Morgan fingerprint density at radius 1 is 1.04 bits per heavy atom. The Kier molecular flexibility index (Phi) is 7.76. The molecule has 23 heavy (non-hydrogen) atoms. The average Bonchev–Trinajstić information content (AvgIpc) is 2.51. The van der Waals surface area contributed by atoms with Gasteiger partial charge in [-0.25, -0.2) is 18.7 Å². The summed E-state index contributed by atoms with van der Waals surface area (Å²) in [5, 5.41) is 0. The van der Waals surface area contributed by atoms with Gasteiger partial charge < -0.3 is 9.26 Å². The van der Waals surface area contributed by atoms with Crippen molar-refractivity contribution in [2.24, 2.45) is 0 Å². The van der Waals surface area contributed by atoms with Crippen molar-refractivity contribution in [3.8, 4) is 5.75 Å². The van der Waals surface area contributed by atoms with Crippen LogP contribution in [-0.4, -0.2) is 50.1 Å². The van der Waals surface area contributed by atoms with Crippen molar-refractivity contribution in [3.63, 3.8) is 0 Å². The van der Waals surface area contributed by atoms with Gasteiger partial charge in [-0.05, 0) is 58.9 Å². The van der Waals surface area contributed by atoms with Crippen LogP contribution in [-0.2, 0) is 9.30 Å². The van der Waals surface area contributed by atoms with Crippen LogP contribution >= 0.6 is 7.67 Å². The maximum absolute atomic E-state index is 12.7. The lowest BCUT2D eigenvalue weighted by Crippen LogP contribution is -2.24. The maximum atomic E-state index is 12.7. The van der Waals surface area contributed by atoms with Gasteiger partial charge in [0.25, 0.3) is 0 Å². The molecule has 0 amide bonds. The topological polar surface area (TPSA) is 59.1 Å². The number of rotatable bonds is 9. The van der Waals surface area contributed by atoms with Crippen molar-refractivity contribution in [2.75, 3.05) is 34.8 Å². The molecule has 0 heterocycles. The van der Waals surface area contributed by atoms with Crippen LogP contribution in [0.4, 0.5) is 0 Å². The van der Waals surface area contributed by atoms with Gasteiger partial charge in [-0.1, -0.05) is 19.8 Å². The Hall–Kier alpha value is -1.36. The fraction of sp³-hybridized carbons (Fsp3) is 0.562. The third-order valence-corrected chi connectivity index (χ3v) is 5.78. The first-order valence-corrected chi connectivity index (χ1v) is 9.26. The Labute approximate surface area is 138 Å². The van der Waals surface area contributed by atoms with Gasteiger partial charge in [0.1, 0.15) is 5.75 Å². The zero-order chi connectivity index (χ0) is 17.5. The summed E-state index contributed by atoms with van der Waals surface area (Å²) < 4.78 is 26.7. The van der Waals surface area contributed by atoms with Crippen LogP contribution < -0.4 is 4.52 Å². The van der Waals surface area contributed by atoms with Crippen LogP contribution in [0.15, 0.2) is 24.3 Å². The van der Waals surface area contributed by atoms with Gasteiger partial charge in [0.05, 0.1) is 12.2 Å². The SMILES string of the molecule is CCCCCOC(=O)c1ccc(OP(=O)(N(C)C)N(C)C)cc1. The van der Waals surface area contributed by atoms with Crippen molar-refractivity contribution in [1.82, 2.24) is 9.34 Å². The van der Waals surface area contributed by atoms with Crippen LogP contribution in [0.1, 0.15) is 36.5 Å². The molecule has 0 radical (unpaired) electrons. The number of carbonyl (C=O) groups excluding carboxylic acids is 1. The van der Waals surface area contributed by atoms with Gasteiger partial charge in [-0.2, -0.15) is 0 Å². The predicted molar refractivity (Wildman–Crippen MR) is 91.9 cm³/mol. The summed E-state index contributed by atoms with van der Waals surface area (Å²) in [5.74, 6) is 0.0920. The minimum absolute atomic E-state index is 0.351. The molecule has 0 unspecified atom stereocenters. The second kappa shape index (κ2) is 9.06. The number of esters is 1. The lowest BCUT2D eigenvalue weighted by atomic mass is 10.2. The molecule has 0 aliphatic heterocycles. The van der Waals surface area contributed by atoms with Crippen molar-refractivity contribution in [1.29, 1.82) is 0 Å². The highest BCUT2D eigenvalue weighted by molar-refractivity contribution is 7.54. The van der Waals surface area contributed by atoms with Gasteiger partial charge in [0.2, 0.25) is 0 Å². The monoisotopic (exact) mass is 342 g/mol. The van der Waals surface area contributed by atoms with Crippen molar-refractivity contribution in [2.45, 2.75) is 26.2 Å². The van der Waals surface area contributed by atoms with Crippen molar-refractivity contribution < 1.29 is 18.6 Å². The van der Waals surface area contributed by atoms with Gasteiger partial charge in [-0.3, -0.25) is 0 Å². The molecule has 7 heteroatoms. The molecule has 1 rings (SSSR count). The van der Waals surface area contributed by atoms with E-state index >= 15 is 0 Å². The molecule has 1 aromatic carbocycles. The molecule has 0 aliphatic rings. The lowest BCUT2D eigenvalue weighted by molar-refractivity contribution is 0.0498. The van der Waals surface area contributed by atoms with Crippen LogP contribution in [0.25, 0.3) is 0 Å². The van der Waals surface area contributed by atoms with Gasteiger partial charge >= 0.3 is 13.6 Å². The summed E-state index contributed by atoms with van der Waals surface area (Å²) in [5.41, 5.74) is 0.457. The summed E-state index contributed by atoms with van der Waals surface area (Å²) in [7, 11) is 3.69. The molecule has 6 nitrogen and oxygen atoms in total. The first-order chi connectivity index (χ1) is 10.8. The highest BCUT2D eigenvalue weighted by atomic mass is 31.2. The first-order valence-electron chi connectivity index (χ1n) is 7.73. The number of nitrogens with zero attached hydrogens (tertiary/aromatic N) is 2. The molecule has 0 fully saturated rings. The van der Waals surface area contributed by atoms with Crippen molar-refractivity contribution >= 4 is 13.6 Å². The summed E-state index contributed by atoms with van der Waals surface area (Å²) in [6, 6.07) is 6.49. The van der Waals surface area contributed by atoms with Crippen LogP contribution in [0, 0.1) is 0 Å². The third-order valence-electron chi connectivity index (χ3n) is 3.31. The van der Waals surface area contributed by atoms with E-state index in [1.807, 2.05) is 0 Å². The van der Waals surface area contributed by atoms with Crippen LogP contribution in [0.2, 0.25) is 0 Å². The number of unbranched alkanes of at least 4 members (excludes halogenated alkanes) is 2. The van der Waals surface area contributed by atoms with E-state index in [1.54, 1.807) is 61.8 Å². The molecular weight excluding hydrogens is 315 g/mol. The molecule has 1 aromatic rings. The smallest absolute Gasteiger partial charge is 0.394 e. The fourth-order valence-corrected chi connectivity index (χ4v) is 3.35. The third kappa shape index (κ3) is 5.65. The molecule has 0 saturated heterocycles. The molecule has 0 aliphatic carbocycles. The molecule has 0 aromatic heterocycles. The Morgan fingerprint density at radius 3 is 2.09 bits per heavy atom. The summed E-state index contributed by atoms with van der Waals surface area (Å²) in [6.07, 6.45) is 3.00. The number of hydrogen-bond acceptors (Lipinski definition) is 4. The Balaban J connectivity index is 2.69. The van der Waals surface area contributed by atoms with Crippen LogP contribution in [0.5, 0.6) is 5.75 Å². The van der Waals surface area contributed by atoms with E-state index in [9.17, 15) is 9.36 Å². The van der Waals surface area contributed by atoms with Gasteiger partial charge in [-0.15, -0.1) is 0 Å². The van der Waals surface area contributed by atoms with Gasteiger partial charge in [0.15, 0.2) is 0 Å². The Morgan fingerprint density at radius 2 is 1.61 bits per heavy atom. The highest BCUT2D eigenvalue weighted by Gasteiger charge is 2.31. The zero-order valence-electron chi connectivity index (χ0n) is 14.6. The van der Waals surface area contributed by atoms with E-state index in [4.69, 9.17) is 9.26 Å². The van der Waals surface area contributed by atoms with E-state index in [1.165, 1.54) is 0 Å². The van der Waals surface area contributed by atoms with E-state index in [0.29, 0.717) is 17.9 Å². The largest absolute Gasteiger partial charge is 0.462 e. The molecule has 130 valence electrons. The molecular formula is C16H27N2O4P.